The van der Waals surface area contributed by atoms with Gasteiger partial charge in [-0.25, -0.2) is 9.18 Å². The van der Waals surface area contributed by atoms with Gasteiger partial charge < -0.3 is 9.84 Å². The minimum absolute atomic E-state index is 0.00991. The van der Waals surface area contributed by atoms with Crippen molar-refractivity contribution in [1.82, 2.24) is 0 Å². The number of rotatable bonds is 1. The maximum absolute atomic E-state index is 13.1. The van der Waals surface area contributed by atoms with Crippen molar-refractivity contribution < 1.29 is 19.0 Å². The van der Waals surface area contributed by atoms with Gasteiger partial charge in [-0.2, -0.15) is 5.26 Å². The van der Waals surface area contributed by atoms with Crippen LogP contribution in [0.1, 0.15) is 15.9 Å². The number of hydrogen-bond donors (Lipinski definition) is 1. The Morgan fingerprint density at radius 2 is 2.29 bits per heavy atom. The van der Waals surface area contributed by atoms with Crippen molar-refractivity contribution in [2.45, 2.75) is 0 Å². The topological polar surface area (TPSA) is 70.3 Å². The number of benzene rings is 1. The Balaban J connectivity index is 3.36. The van der Waals surface area contributed by atoms with E-state index >= 15 is 0 Å². The van der Waals surface area contributed by atoms with E-state index in [0.29, 0.717) is 0 Å². The predicted octanol–water partition coefficient (Wildman–Crippen LogP) is 1.19. The lowest BCUT2D eigenvalue weighted by atomic mass is 10.1. The van der Waals surface area contributed by atoms with E-state index < -0.39 is 23.1 Å². The van der Waals surface area contributed by atoms with Crippen molar-refractivity contribution in [2.24, 2.45) is 0 Å². The normalized spacial score (nSPS) is 9.21. The van der Waals surface area contributed by atoms with E-state index in [1.807, 2.05) is 0 Å². The molecule has 0 unspecified atom stereocenters. The lowest BCUT2D eigenvalue weighted by Gasteiger charge is -2.02. The van der Waals surface area contributed by atoms with Crippen LogP contribution in [0, 0.1) is 17.1 Å². The summed E-state index contributed by atoms with van der Waals surface area (Å²) in [6, 6.07) is 3.63. The highest BCUT2D eigenvalue weighted by molar-refractivity contribution is 5.90. The van der Waals surface area contributed by atoms with E-state index in [4.69, 9.17) is 10.4 Å². The number of phenolic OH excluding ortho intramolecular Hbond substituents is 1. The zero-order valence-electron chi connectivity index (χ0n) is 7.24. The number of nitrogens with zero attached hydrogens (tertiary/aromatic N) is 1. The minimum Gasteiger partial charge on any atom is -0.505 e. The van der Waals surface area contributed by atoms with Gasteiger partial charge in [0.05, 0.1) is 18.7 Å². The number of nitriles is 1. The summed E-state index contributed by atoms with van der Waals surface area (Å²) in [5, 5.41) is 17.5. The highest BCUT2D eigenvalue weighted by atomic mass is 19.1. The molecule has 0 fully saturated rings. The van der Waals surface area contributed by atoms with Crippen LogP contribution in [0.4, 0.5) is 4.39 Å². The smallest absolute Gasteiger partial charge is 0.341 e. The van der Waals surface area contributed by atoms with Gasteiger partial charge in [0.25, 0.3) is 0 Å². The largest absolute Gasteiger partial charge is 0.505 e. The number of halogens is 1. The number of aromatic hydroxyl groups is 1. The molecule has 1 aromatic carbocycles. The summed E-state index contributed by atoms with van der Waals surface area (Å²) in [7, 11) is 1.08. The van der Waals surface area contributed by atoms with Gasteiger partial charge in [-0.3, -0.25) is 0 Å². The summed E-state index contributed by atoms with van der Waals surface area (Å²) in [4.78, 5) is 11.0. The number of phenols is 1. The quantitative estimate of drug-likeness (QED) is 0.683. The summed E-state index contributed by atoms with van der Waals surface area (Å²) in [5.41, 5.74) is -0.464. The fraction of sp³-hybridized carbons (Fsp3) is 0.111. The maximum atomic E-state index is 13.1. The van der Waals surface area contributed by atoms with Crippen LogP contribution < -0.4 is 0 Å². The monoisotopic (exact) mass is 195 g/mol. The molecule has 72 valence electrons. The summed E-state index contributed by atoms with van der Waals surface area (Å²) >= 11 is 0. The van der Waals surface area contributed by atoms with Crippen molar-refractivity contribution in [3.8, 4) is 11.8 Å². The van der Waals surface area contributed by atoms with Gasteiger partial charge in [0, 0.05) is 6.07 Å². The van der Waals surface area contributed by atoms with Crippen molar-refractivity contribution in [2.75, 3.05) is 7.11 Å². The van der Waals surface area contributed by atoms with Crippen molar-refractivity contribution in [3.05, 3.63) is 29.1 Å². The Kier molecular flexibility index (Phi) is 2.67. The van der Waals surface area contributed by atoms with Crippen LogP contribution in [-0.2, 0) is 4.74 Å². The fourth-order valence-electron chi connectivity index (χ4n) is 0.932. The molecule has 0 heterocycles. The molecular formula is C9H6FNO3. The van der Waals surface area contributed by atoms with Crippen LogP contribution in [0.15, 0.2) is 12.1 Å². The Morgan fingerprint density at radius 3 is 2.79 bits per heavy atom. The lowest BCUT2D eigenvalue weighted by Crippen LogP contribution is -2.05. The van der Waals surface area contributed by atoms with E-state index in [0.717, 1.165) is 19.2 Å². The van der Waals surface area contributed by atoms with E-state index in [9.17, 15) is 9.18 Å². The van der Waals surface area contributed by atoms with Crippen LogP contribution >= 0.6 is 0 Å². The highest BCUT2D eigenvalue weighted by Gasteiger charge is 2.16. The predicted molar refractivity (Wildman–Crippen MR) is 44.1 cm³/mol. The summed E-state index contributed by atoms with van der Waals surface area (Å²) in [5.74, 6) is -2.77. The average Bonchev–Trinajstić information content (AvgIpc) is 2.20. The fourth-order valence-corrected chi connectivity index (χ4v) is 0.932. The summed E-state index contributed by atoms with van der Waals surface area (Å²) in [6.45, 7) is 0. The first kappa shape index (κ1) is 9.99. The van der Waals surface area contributed by atoms with Crippen molar-refractivity contribution >= 4 is 5.97 Å². The Bertz CT molecular complexity index is 423. The first-order valence-corrected chi connectivity index (χ1v) is 3.61. The Hall–Kier alpha value is -2.09. The molecule has 1 rings (SSSR count). The second kappa shape index (κ2) is 3.75. The SMILES string of the molecule is COC(=O)c1cc(C#N)cc(O)c1F. The third kappa shape index (κ3) is 1.64. The van der Waals surface area contributed by atoms with Crippen LogP contribution in [0.2, 0.25) is 0 Å². The van der Waals surface area contributed by atoms with E-state index in [2.05, 4.69) is 4.74 Å². The molecule has 0 saturated heterocycles. The molecule has 0 bridgehead atoms. The summed E-state index contributed by atoms with van der Waals surface area (Å²) < 4.78 is 17.4. The van der Waals surface area contributed by atoms with Gasteiger partial charge in [-0.15, -0.1) is 0 Å². The van der Waals surface area contributed by atoms with Gasteiger partial charge in [0.2, 0.25) is 0 Å². The van der Waals surface area contributed by atoms with E-state index in [-0.39, 0.29) is 5.56 Å². The second-order valence-corrected chi connectivity index (χ2v) is 2.46. The molecule has 0 aliphatic carbocycles. The zero-order chi connectivity index (χ0) is 10.7. The Labute approximate surface area is 79.2 Å². The van der Waals surface area contributed by atoms with Crippen LogP contribution in [0.25, 0.3) is 0 Å². The number of methoxy groups -OCH3 is 1. The first-order chi connectivity index (χ1) is 6.60. The van der Waals surface area contributed by atoms with Crippen LogP contribution in [-0.4, -0.2) is 18.2 Å². The molecular weight excluding hydrogens is 189 g/mol. The molecule has 14 heavy (non-hydrogen) atoms. The third-order valence-corrected chi connectivity index (χ3v) is 1.59. The van der Waals surface area contributed by atoms with Crippen molar-refractivity contribution in [1.29, 1.82) is 5.26 Å². The lowest BCUT2D eigenvalue weighted by molar-refractivity contribution is 0.0594. The second-order valence-electron chi connectivity index (χ2n) is 2.46. The zero-order valence-corrected chi connectivity index (χ0v) is 7.24. The highest BCUT2D eigenvalue weighted by Crippen LogP contribution is 2.21. The summed E-state index contributed by atoms with van der Waals surface area (Å²) in [6.07, 6.45) is 0. The number of ether oxygens (including phenoxy) is 1. The maximum Gasteiger partial charge on any atom is 0.341 e. The van der Waals surface area contributed by atoms with Gasteiger partial charge >= 0.3 is 5.97 Å². The standard InChI is InChI=1S/C9H6FNO3/c1-14-9(13)6-2-5(4-11)3-7(12)8(6)10/h2-3,12H,1H3. The van der Waals surface area contributed by atoms with Crippen LogP contribution in [0.5, 0.6) is 5.75 Å². The van der Waals surface area contributed by atoms with Crippen LogP contribution in [0.3, 0.4) is 0 Å². The third-order valence-electron chi connectivity index (χ3n) is 1.59. The molecule has 0 saturated carbocycles. The molecule has 0 spiro atoms. The molecule has 1 aromatic rings. The minimum atomic E-state index is -1.09. The number of esters is 1. The molecule has 0 aromatic heterocycles. The molecule has 0 radical (unpaired) electrons. The molecule has 5 heteroatoms. The number of carbonyl (C=O) groups excluding carboxylic acids is 1. The molecule has 0 aliphatic heterocycles. The molecule has 0 amide bonds. The Morgan fingerprint density at radius 1 is 1.64 bits per heavy atom. The molecule has 4 nitrogen and oxygen atoms in total. The molecule has 0 atom stereocenters. The molecule has 1 N–H and O–H groups in total. The van der Waals surface area contributed by atoms with Gasteiger partial charge in [0.1, 0.15) is 5.56 Å². The number of carbonyl (C=O) groups is 1. The van der Waals surface area contributed by atoms with Gasteiger partial charge in [-0.1, -0.05) is 0 Å². The van der Waals surface area contributed by atoms with Gasteiger partial charge in [-0.05, 0) is 6.07 Å². The molecule has 0 aliphatic rings. The van der Waals surface area contributed by atoms with Crippen molar-refractivity contribution in [3.63, 3.8) is 0 Å². The first-order valence-electron chi connectivity index (χ1n) is 3.61. The van der Waals surface area contributed by atoms with E-state index in [1.165, 1.54) is 0 Å². The number of hydrogen-bond acceptors (Lipinski definition) is 4. The van der Waals surface area contributed by atoms with Gasteiger partial charge in [0.15, 0.2) is 11.6 Å². The average molecular weight is 195 g/mol. The van der Waals surface area contributed by atoms with E-state index in [1.54, 1.807) is 6.07 Å².